The van der Waals surface area contributed by atoms with E-state index in [1.807, 2.05) is 0 Å². The minimum atomic E-state index is -0.193. The lowest BCUT2D eigenvalue weighted by molar-refractivity contribution is -0.295. The average Bonchev–Trinajstić information content (AvgIpc) is 1.64. The van der Waals surface area contributed by atoms with Gasteiger partial charge in [-0.25, -0.2) is 0 Å². The maximum atomic E-state index is 10.3. The lowest BCUT2D eigenvalue weighted by Gasteiger charge is -2.07. The minimum Gasteiger partial charge on any atom is -0.872 e. The Bertz CT molecular complexity index is 165. The highest BCUT2D eigenvalue weighted by Gasteiger charge is 1.94. The number of hydrogen-bond donors (Lipinski definition) is 0. The summed E-state index contributed by atoms with van der Waals surface area (Å²) in [5.41, 5.74) is 0. The number of carbonyl (C=O) groups excluding carboxylic acids is 1. The fourth-order valence-corrected chi connectivity index (χ4v) is 0.557. The summed E-state index contributed by atoms with van der Waals surface area (Å²) in [4.78, 5) is 10.3. The van der Waals surface area contributed by atoms with Gasteiger partial charge in [0.05, 0.1) is 0 Å². The monoisotopic (exact) mass is 109 g/mol. The molecule has 0 fully saturated rings. The van der Waals surface area contributed by atoms with Gasteiger partial charge in [-0.15, -0.1) is 5.76 Å². The first-order valence-electron chi connectivity index (χ1n) is 2.37. The summed E-state index contributed by atoms with van der Waals surface area (Å²) in [7, 11) is 0. The largest absolute Gasteiger partial charge is 0.872 e. The van der Waals surface area contributed by atoms with Crippen molar-refractivity contribution in [3.63, 3.8) is 0 Å². The van der Waals surface area contributed by atoms with Gasteiger partial charge in [-0.05, 0) is 6.08 Å². The molecule has 2 heteroatoms. The molecule has 0 bridgehead atoms. The van der Waals surface area contributed by atoms with Crippen LogP contribution in [0.4, 0.5) is 0 Å². The summed E-state index contributed by atoms with van der Waals surface area (Å²) in [6.07, 6.45) is 4.47. The Labute approximate surface area is 47.1 Å². The van der Waals surface area contributed by atoms with Gasteiger partial charge < -0.3 is 5.11 Å². The topological polar surface area (TPSA) is 40.1 Å². The van der Waals surface area contributed by atoms with E-state index in [-0.39, 0.29) is 11.5 Å². The summed E-state index contributed by atoms with van der Waals surface area (Å²) in [6, 6.07) is 0. The SMILES string of the molecule is O=C1C=C([O-])C=CC1. The molecule has 1 rings (SSSR count). The van der Waals surface area contributed by atoms with Gasteiger partial charge in [-0.1, -0.05) is 12.2 Å². The molecule has 0 heterocycles. The van der Waals surface area contributed by atoms with Crippen LogP contribution >= 0.6 is 0 Å². The fraction of sp³-hybridized carbons (Fsp3) is 0.167. The van der Waals surface area contributed by atoms with Gasteiger partial charge >= 0.3 is 0 Å². The molecule has 0 aromatic rings. The smallest absolute Gasteiger partial charge is 0.158 e. The molecule has 8 heavy (non-hydrogen) atoms. The summed E-state index contributed by atoms with van der Waals surface area (Å²) in [6.45, 7) is 0. The van der Waals surface area contributed by atoms with E-state index >= 15 is 0 Å². The predicted octanol–water partition coefficient (Wildman–Crippen LogP) is -0.240. The van der Waals surface area contributed by atoms with Crippen molar-refractivity contribution in [3.05, 3.63) is 24.0 Å². The Kier molecular flexibility index (Phi) is 1.16. The van der Waals surface area contributed by atoms with Gasteiger partial charge in [-0.2, -0.15) is 0 Å². The molecule has 1 aliphatic carbocycles. The summed E-state index contributed by atoms with van der Waals surface area (Å²) in [5, 5.41) is 10.3. The highest BCUT2D eigenvalue weighted by atomic mass is 16.3. The minimum absolute atomic E-state index is 0.0995. The first-order valence-corrected chi connectivity index (χ1v) is 2.37. The van der Waals surface area contributed by atoms with Gasteiger partial charge in [0.1, 0.15) is 0 Å². The Morgan fingerprint density at radius 2 is 2.38 bits per heavy atom. The molecule has 2 nitrogen and oxygen atoms in total. The third kappa shape index (κ3) is 0.964. The first kappa shape index (κ1) is 5.09. The summed E-state index contributed by atoms with van der Waals surface area (Å²) < 4.78 is 0. The molecule has 0 aromatic heterocycles. The van der Waals surface area contributed by atoms with E-state index in [0.29, 0.717) is 6.42 Å². The lowest BCUT2D eigenvalue weighted by Crippen LogP contribution is -2.07. The standard InChI is InChI=1S/C6H6O2/c7-5-2-1-3-6(8)4-5/h1-2,4,7H,3H2/p-1. The van der Waals surface area contributed by atoms with E-state index in [1.165, 1.54) is 6.08 Å². The quantitative estimate of drug-likeness (QED) is 0.430. The molecular formula is C6H5O2-. The Morgan fingerprint density at radius 3 is 2.75 bits per heavy atom. The molecule has 0 N–H and O–H groups in total. The van der Waals surface area contributed by atoms with E-state index in [2.05, 4.69) is 0 Å². The molecule has 0 aromatic carbocycles. The van der Waals surface area contributed by atoms with Crippen LogP contribution in [0.5, 0.6) is 0 Å². The molecule has 1 aliphatic rings. The Hall–Kier alpha value is -1.05. The molecular weight excluding hydrogens is 104 g/mol. The molecule has 0 saturated carbocycles. The van der Waals surface area contributed by atoms with Crippen LogP contribution < -0.4 is 5.11 Å². The summed E-state index contributed by atoms with van der Waals surface area (Å²) in [5.74, 6) is -0.293. The second-order valence-electron chi connectivity index (χ2n) is 1.62. The number of allylic oxidation sites excluding steroid dienone is 3. The third-order valence-electron chi connectivity index (χ3n) is 0.904. The zero-order valence-corrected chi connectivity index (χ0v) is 4.26. The maximum absolute atomic E-state index is 10.3. The maximum Gasteiger partial charge on any atom is 0.158 e. The predicted molar refractivity (Wildman–Crippen MR) is 26.8 cm³/mol. The number of ketones is 1. The van der Waals surface area contributed by atoms with Gasteiger partial charge in [0.25, 0.3) is 0 Å². The van der Waals surface area contributed by atoms with E-state index in [1.54, 1.807) is 6.08 Å². The van der Waals surface area contributed by atoms with Crippen molar-refractivity contribution >= 4 is 5.78 Å². The summed E-state index contributed by atoms with van der Waals surface area (Å²) >= 11 is 0. The van der Waals surface area contributed by atoms with Gasteiger partial charge in [0.15, 0.2) is 5.78 Å². The molecule has 0 amide bonds. The van der Waals surface area contributed by atoms with Crippen molar-refractivity contribution < 1.29 is 9.90 Å². The van der Waals surface area contributed by atoms with Gasteiger partial charge in [0, 0.05) is 6.42 Å². The third-order valence-corrected chi connectivity index (χ3v) is 0.904. The van der Waals surface area contributed by atoms with Gasteiger partial charge in [-0.3, -0.25) is 4.79 Å². The van der Waals surface area contributed by atoms with Crippen LogP contribution in [-0.2, 0) is 4.79 Å². The highest BCUT2D eigenvalue weighted by molar-refractivity contribution is 5.92. The molecule has 0 unspecified atom stereocenters. The van der Waals surface area contributed by atoms with Crippen molar-refractivity contribution in [2.45, 2.75) is 6.42 Å². The Balaban J connectivity index is 2.77. The van der Waals surface area contributed by atoms with Crippen LogP contribution in [0.25, 0.3) is 0 Å². The second-order valence-corrected chi connectivity index (χ2v) is 1.62. The molecule has 0 atom stereocenters. The highest BCUT2D eigenvalue weighted by Crippen LogP contribution is 1.99. The van der Waals surface area contributed by atoms with Crippen LogP contribution in [-0.4, -0.2) is 5.78 Å². The average molecular weight is 109 g/mol. The van der Waals surface area contributed by atoms with Crippen molar-refractivity contribution in [1.82, 2.24) is 0 Å². The van der Waals surface area contributed by atoms with E-state index in [9.17, 15) is 9.90 Å². The second kappa shape index (κ2) is 1.82. The van der Waals surface area contributed by atoms with Crippen molar-refractivity contribution in [2.75, 3.05) is 0 Å². The van der Waals surface area contributed by atoms with Crippen molar-refractivity contribution in [3.8, 4) is 0 Å². The Morgan fingerprint density at radius 1 is 1.62 bits per heavy atom. The molecule has 0 radical (unpaired) electrons. The molecule has 0 saturated heterocycles. The van der Waals surface area contributed by atoms with Crippen molar-refractivity contribution in [1.29, 1.82) is 0 Å². The number of rotatable bonds is 0. The first-order chi connectivity index (χ1) is 3.79. The van der Waals surface area contributed by atoms with E-state index < -0.39 is 0 Å². The van der Waals surface area contributed by atoms with Crippen LogP contribution in [0, 0.1) is 0 Å². The van der Waals surface area contributed by atoms with E-state index in [4.69, 9.17) is 0 Å². The molecule has 0 aliphatic heterocycles. The zero-order chi connectivity index (χ0) is 5.98. The van der Waals surface area contributed by atoms with Crippen LogP contribution in [0.1, 0.15) is 6.42 Å². The number of hydrogen-bond acceptors (Lipinski definition) is 2. The molecule has 42 valence electrons. The fourth-order valence-electron chi connectivity index (χ4n) is 0.557. The van der Waals surface area contributed by atoms with E-state index in [0.717, 1.165) is 6.08 Å². The lowest BCUT2D eigenvalue weighted by atomic mass is 10.1. The molecule has 0 spiro atoms. The van der Waals surface area contributed by atoms with Crippen LogP contribution in [0.15, 0.2) is 24.0 Å². The number of carbonyl (C=O) groups is 1. The van der Waals surface area contributed by atoms with Crippen molar-refractivity contribution in [2.24, 2.45) is 0 Å². The zero-order valence-electron chi connectivity index (χ0n) is 4.26. The van der Waals surface area contributed by atoms with Gasteiger partial charge in [0.2, 0.25) is 0 Å². The normalized spacial score (nSPS) is 18.5. The van der Waals surface area contributed by atoms with Crippen LogP contribution in [0.3, 0.4) is 0 Å². The van der Waals surface area contributed by atoms with Crippen LogP contribution in [0.2, 0.25) is 0 Å².